The van der Waals surface area contributed by atoms with E-state index in [1.165, 1.54) is 12.1 Å². The average Bonchev–Trinajstić information content (AvgIpc) is 2.51. The number of benzene rings is 1. The van der Waals surface area contributed by atoms with Crippen LogP contribution in [0.25, 0.3) is 0 Å². The number of hydrogen-bond acceptors (Lipinski definition) is 5. The molecule has 0 saturated carbocycles. The molecule has 0 fully saturated rings. The van der Waals surface area contributed by atoms with Gasteiger partial charge in [-0.15, -0.1) is 4.40 Å². The highest BCUT2D eigenvalue weighted by Crippen LogP contribution is 2.35. The number of nitrogens with zero attached hydrogens (tertiary/aromatic N) is 3. The summed E-state index contributed by atoms with van der Waals surface area (Å²) in [6, 6.07) is 8.12. The van der Waals surface area contributed by atoms with E-state index in [0.717, 1.165) is 0 Å². The van der Waals surface area contributed by atoms with Gasteiger partial charge >= 0.3 is 0 Å². The third-order valence-corrected chi connectivity index (χ3v) is 5.28. The molecule has 0 aliphatic carbocycles. The Morgan fingerprint density at radius 1 is 1.22 bits per heavy atom. The van der Waals surface area contributed by atoms with Gasteiger partial charge in [0.05, 0.1) is 15.7 Å². The SMILES string of the molecule is CCN(C1=NS(=O)(=O)c2cc(Cl)c(Cl)cc2N1)c1ccccn1. The fraction of sp³-hybridized carbons (Fsp3) is 0.143. The predicted molar refractivity (Wildman–Crippen MR) is 92.0 cm³/mol. The van der Waals surface area contributed by atoms with E-state index in [9.17, 15) is 8.42 Å². The Morgan fingerprint density at radius 3 is 2.61 bits per heavy atom. The highest BCUT2D eigenvalue weighted by atomic mass is 35.5. The smallest absolute Gasteiger partial charge is 0.287 e. The van der Waals surface area contributed by atoms with Gasteiger partial charge in [0.15, 0.2) is 0 Å². The van der Waals surface area contributed by atoms with Gasteiger partial charge in [-0.05, 0) is 31.2 Å². The fourth-order valence-corrected chi connectivity index (χ4v) is 3.71. The Morgan fingerprint density at radius 2 is 1.96 bits per heavy atom. The normalized spacial score (nSPS) is 15.3. The second kappa shape index (κ2) is 5.99. The zero-order valence-corrected chi connectivity index (χ0v) is 14.3. The van der Waals surface area contributed by atoms with E-state index in [1.807, 2.05) is 13.0 Å². The molecule has 23 heavy (non-hydrogen) atoms. The molecule has 0 saturated heterocycles. The van der Waals surface area contributed by atoms with Crippen LogP contribution in [0.1, 0.15) is 6.92 Å². The van der Waals surface area contributed by atoms with E-state index in [4.69, 9.17) is 23.2 Å². The van der Waals surface area contributed by atoms with Gasteiger partial charge in [-0.2, -0.15) is 8.42 Å². The molecule has 0 radical (unpaired) electrons. The first kappa shape index (κ1) is 16.0. The zero-order chi connectivity index (χ0) is 16.6. The molecule has 0 unspecified atom stereocenters. The highest BCUT2D eigenvalue weighted by molar-refractivity contribution is 7.90. The fourth-order valence-electron chi connectivity index (χ4n) is 2.20. The second-order valence-electron chi connectivity index (χ2n) is 4.71. The summed E-state index contributed by atoms with van der Waals surface area (Å²) >= 11 is 11.9. The minimum Gasteiger partial charge on any atom is -0.324 e. The lowest BCUT2D eigenvalue weighted by molar-refractivity contribution is 0.597. The minimum atomic E-state index is -3.88. The van der Waals surface area contributed by atoms with E-state index in [0.29, 0.717) is 18.1 Å². The number of anilines is 2. The molecule has 9 heteroatoms. The molecule has 1 aromatic heterocycles. The molecule has 3 rings (SSSR count). The number of sulfonamides is 1. The standard InChI is InChI=1S/C14H12Cl2N4O2S/c1-2-20(13-5-3-4-6-17-13)14-18-11-7-9(15)10(16)8-12(11)23(21,22)19-14/h3-8H,2H2,1H3,(H,18,19). The van der Waals surface area contributed by atoms with Crippen molar-refractivity contribution in [1.82, 2.24) is 4.98 Å². The van der Waals surface area contributed by atoms with Crippen molar-refractivity contribution in [2.24, 2.45) is 4.40 Å². The second-order valence-corrected chi connectivity index (χ2v) is 7.10. The van der Waals surface area contributed by atoms with Crippen LogP contribution in [0.3, 0.4) is 0 Å². The molecular formula is C14H12Cl2N4O2S. The molecule has 1 aromatic carbocycles. The van der Waals surface area contributed by atoms with Crippen LogP contribution < -0.4 is 10.2 Å². The van der Waals surface area contributed by atoms with Crippen molar-refractivity contribution in [3.63, 3.8) is 0 Å². The molecule has 0 spiro atoms. The number of halogens is 2. The van der Waals surface area contributed by atoms with Crippen molar-refractivity contribution in [3.8, 4) is 0 Å². The molecule has 1 aliphatic heterocycles. The number of rotatable bonds is 2. The van der Waals surface area contributed by atoms with Crippen LogP contribution >= 0.6 is 23.2 Å². The van der Waals surface area contributed by atoms with Gasteiger partial charge in [-0.1, -0.05) is 29.3 Å². The summed E-state index contributed by atoms with van der Waals surface area (Å²) in [5, 5.41) is 3.40. The summed E-state index contributed by atoms with van der Waals surface area (Å²) in [5.41, 5.74) is 0.332. The van der Waals surface area contributed by atoms with Crippen LogP contribution in [0, 0.1) is 0 Å². The van der Waals surface area contributed by atoms with Gasteiger partial charge in [-0.3, -0.25) is 4.90 Å². The lowest BCUT2D eigenvalue weighted by atomic mass is 10.3. The topological polar surface area (TPSA) is 74.7 Å². The number of aromatic nitrogens is 1. The van der Waals surface area contributed by atoms with Crippen LogP contribution in [0.4, 0.5) is 11.5 Å². The molecule has 2 aromatic rings. The molecule has 2 heterocycles. The maximum absolute atomic E-state index is 12.4. The third kappa shape index (κ3) is 2.99. The number of nitrogens with one attached hydrogen (secondary N) is 1. The van der Waals surface area contributed by atoms with Crippen molar-refractivity contribution >= 4 is 50.7 Å². The maximum atomic E-state index is 12.4. The summed E-state index contributed by atoms with van der Waals surface area (Å²) in [5.74, 6) is 0.747. The first-order valence-electron chi connectivity index (χ1n) is 6.72. The first-order chi connectivity index (χ1) is 10.9. The van der Waals surface area contributed by atoms with Gasteiger partial charge in [0.1, 0.15) is 10.7 Å². The Balaban J connectivity index is 2.09. The molecule has 0 atom stereocenters. The Kier molecular flexibility index (Phi) is 4.18. The Labute approximate surface area is 143 Å². The molecule has 120 valence electrons. The summed E-state index contributed by atoms with van der Waals surface area (Å²) in [4.78, 5) is 5.87. The van der Waals surface area contributed by atoms with Gasteiger partial charge in [0.25, 0.3) is 10.0 Å². The van der Waals surface area contributed by atoms with Crippen molar-refractivity contribution in [3.05, 3.63) is 46.6 Å². The van der Waals surface area contributed by atoms with E-state index >= 15 is 0 Å². The Hall–Kier alpha value is -1.83. The average molecular weight is 371 g/mol. The number of guanidine groups is 1. The van der Waals surface area contributed by atoms with E-state index in [2.05, 4.69) is 14.7 Å². The van der Waals surface area contributed by atoms with E-state index in [-0.39, 0.29) is 20.9 Å². The molecule has 1 aliphatic rings. The van der Waals surface area contributed by atoms with Crippen molar-refractivity contribution < 1.29 is 8.42 Å². The predicted octanol–water partition coefficient (Wildman–Crippen LogP) is 3.39. The third-order valence-electron chi connectivity index (χ3n) is 3.25. The van der Waals surface area contributed by atoms with Gasteiger partial charge < -0.3 is 5.32 Å². The number of pyridine rings is 1. The molecule has 0 amide bonds. The quantitative estimate of drug-likeness (QED) is 0.876. The van der Waals surface area contributed by atoms with Crippen molar-refractivity contribution in [2.45, 2.75) is 11.8 Å². The lowest BCUT2D eigenvalue weighted by Crippen LogP contribution is -2.39. The summed E-state index contributed by atoms with van der Waals surface area (Å²) < 4.78 is 28.7. The van der Waals surface area contributed by atoms with Gasteiger partial charge in [-0.25, -0.2) is 4.98 Å². The van der Waals surface area contributed by atoms with E-state index in [1.54, 1.807) is 23.2 Å². The monoisotopic (exact) mass is 370 g/mol. The van der Waals surface area contributed by atoms with E-state index < -0.39 is 10.0 Å². The zero-order valence-electron chi connectivity index (χ0n) is 12.0. The minimum absolute atomic E-state index is 0.00674. The summed E-state index contributed by atoms with van der Waals surface area (Å²) in [6.07, 6.45) is 1.63. The van der Waals surface area contributed by atoms with Gasteiger partial charge in [0, 0.05) is 12.7 Å². The summed E-state index contributed by atoms with van der Waals surface area (Å²) in [7, 11) is -3.88. The first-order valence-corrected chi connectivity index (χ1v) is 8.91. The molecule has 0 bridgehead atoms. The van der Waals surface area contributed by atoms with Crippen LogP contribution in [-0.2, 0) is 10.0 Å². The number of fused-ring (bicyclic) bond motifs is 1. The van der Waals surface area contributed by atoms with Crippen LogP contribution in [0.15, 0.2) is 45.8 Å². The molecule has 1 N–H and O–H groups in total. The van der Waals surface area contributed by atoms with Crippen LogP contribution in [-0.4, -0.2) is 25.9 Å². The molecular weight excluding hydrogens is 359 g/mol. The highest BCUT2D eigenvalue weighted by Gasteiger charge is 2.29. The Bertz CT molecular complexity index is 885. The van der Waals surface area contributed by atoms with Crippen molar-refractivity contribution in [2.75, 3.05) is 16.8 Å². The summed E-state index contributed by atoms with van der Waals surface area (Å²) in [6.45, 7) is 2.35. The van der Waals surface area contributed by atoms with Gasteiger partial charge in [0.2, 0.25) is 5.96 Å². The van der Waals surface area contributed by atoms with Crippen LogP contribution in [0.2, 0.25) is 10.0 Å². The molecule has 6 nitrogen and oxygen atoms in total. The lowest BCUT2D eigenvalue weighted by Gasteiger charge is -2.27. The number of hydrogen-bond donors (Lipinski definition) is 1. The van der Waals surface area contributed by atoms with Crippen molar-refractivity contribution in [1.29, 1.82) is 0 Å². The van der Waals surface area contributed by atoms with Crippen LogP contribution in [0.5, 0.6) is 0 Å². The largest absolute Gasteiger partial charge is 0.324 e. The maximum Gasteiger partial charge on any atom is 0.287 e.